The van der Waals surface area contributed by atoms with Crippen molar-refractivity contribution in [2.75, 3.05) is 31.2 Å². The molecule has 1 fully saturated rings. The number of ether oxygens (including phenoxy) is 1. The maximum Gasteiger partial charge on any atom is 0.263 e. The van der Waals surface area contributed by atoms with Crippen LogP contribution in [0.2, 0.25) is 0 Å². The fourth-order valence-corrected chi connectivity index (χ4v) is 3.95. The first kappa shape index (κ1) is 13.7. The Balaban J connectivity index is 1.61. The van der Waals surface area contributed by atoms with Gasteiger partial charge in [-0.05, 0) is 5.56 Å². The van der Waals surface area contributed by atoms with E-state index in [1.807, 2.05) is 30.3 Å². The van der Waals surface area contributed by atoms with E-state index >= 15 is 0 Å². The summed E-state index contributed by atoms with van der Waals surface area (Å²) in [5.41, 5.74) is 2.05. The highest BCUT2D eigenvalue weighted by Crippen LogP contribution is 2.33. The molecule has 2 aliphatic rings. The number of nitrogens with one attached hydrogen (secondary N) is 1. The number of benzene rings is 1. The quantitative estimate of drug-likeness (QED) is 0.921. The van der Waals surface area contributed by atoms with Crippen molar-refractivity contribution in [1.29, 1.82) is 0 Å². The van der Waals surface area contributed by atoms with Crippen LogP contribution in [-0.2, 0) is 11.2 Å². The smallest absolute Gasteiger partial charge is 0.263 e. The zero-order chi connectivity index (χ0) is 14.9. The molecule has 1 N–H and O–H groups in total. The van der Waals surface area contributed by atoms with E-state index in [4.69, 9.17) is 9.72 Å². The minimum atomic E-state index is -0.00730. The Hall–Kier alpha value is -1.92. The molecule has 0 bridgehead atoms. The molecule has 1 atom stereocenters. The Bertz CT molecular complexity index is 680. The number of morpholine rings is 1. The van der Waals surface area contributed by atoms with Gasteiger partial charge in [-0.3, -0.25) is 4.79 Å². The molecule has 0 aliphatic carbocycles. The lowest BCUT2D eigenvalue weighted by molar-refractivity contribution is 0.0929. The van der Waals surface area contributed by atoms with E-state index in [1.54, 1.807) is 0 Å². The van der Waals surface area contributed by atoms with Crippen LogP contribution >= 0.6 is 11.3 Å². The molecule has 1 aromatic carbocycles. The van der Waals surface area contributed by atoms with Gasteiger partial charge in [-0.1, -0.05) is 41.7 Å². The van der Waals surface area contributed by atoms with Crippen LogP contribution in [0.1, 0.15) is 27.0 Å². The largest absolute Gasteiger partial charge is 0.378 e. The molecule has 0 radical (unpaired) electrons. The van der Waals surface area contributed by atoms with Gasteiger partial charge in [-0.15, -0.1) is 0 Å². The highest BCUT2D eigenvalue weighted by Gasteiger charge is 2.30. The van der Waals surface area contributed by atoms with Crippen molar-refractivity contribution in [3.63, 3.8) is 0 Å². The Morgan fingerprint density at radius 1 is 1.23 bits per heavy atom. The first-order chi connectivity index (χ1) is 10.8. The normalized spacial score (nSPS) is 21.4. The van der Waals surface area contributed by atoms with Crippen molar-refractivity contribution < 1.29 is 9.53 Å². The van der Waals surface area contributed by atoms with E-state index in [9.17, 15) is 4.79 Å². The van der Waals surface area contributed by atoms with Gasteiger partial charge in [-0.25, -0.2) is 4.98 Å². The number of thiazole rings is 1. The lowest BCUT2D eigenvalue weighted by Gasteiger charge is -2.26. The summed E-state index contributed by atoms with van der Waals surface area (Å²) < 4.78 is 5.38. The predicted octanol–water partition coefficient (Wildman–Crippen LogP) is 2.01. The molecular formula is C16H17N3O2S. The summed E-state index contributed by atoms with van der Waals surface area (Å²) in [7, 11) is 0. The topological polar surface area (TPSA) is 54.5 Å². The molecule has 1 saturated heterocycles. The zero-order valence-corrected chi connectivity index (χ0v) is 12.9. The van der Waals surface area contributed by atoms with Gasteiger partial charge in [0.2, 0.25) is 0 Å². The van der Waals surface area contributed by atoms with Crippen molar-refractivity contribution >= 4 is 22.4 Å². The third kappa shape index (κ3) is 2.48. The molecule has 2 aromatic rings. The second-order valence-electron chi connectivity index (χ2n) is 5.51. The molecule has 0 saturated carbocycles. The Morgan fingerprint density at radius 2 is 2.00 bits per heavy atom. The van der Waals surface area contributed by atoms with E-state index in [-0.39, 0.29) is 11.9 Å². The fourth-order valence-electron chi connectivity index (χ4n) is 2.90. The van der Waals surface area contributed by atoms with Crippen LogP contribution in [-0.4, -0.2) is 37.2 Å². The lowest BCUT2D eigenvalue weighted by Crippen LogP contribution is -2.36. The third-order valence-corrected chi connectivity index (χ3v) is 5.24. The first-order valence-corrected chi connectivity index (χ1v) is 8.31. The summed E-state index contributed by atoms with van der Waals surface area (Å²) in [6.07, 6.45) is 0.756. The van der Waals surface area contributed by atoms with Crippen molar-refractivity contribution in [2.45, 2.75) is 12.5 Å². The van der Waals surface area contributed by atoms with Gasteiger partial charge in [0.1, 0.15) is 4.88 Å². The number of carbonyl (C=O) groups excluding carboxylic acids is 1. The van der Waals surface area contributed by atoms with Crippen LogP contribution in [0.4, 0.5) is 5.13 Å². The third-order valence-electron chi connectivity index (χ3n) is 4.08. The van der Waals surface area contributed by atoms with Gasteiger partial charge < -0.3 is 15.0 Å². The highest BCUT2D eigenvalue weighted by molar-refractivity contribution is 7.17. The molecular weight excluding hydrogens is 298 g/mol. The zero-order valence-electron chi connectivity index (χ0n) is 12.1. The van der Waals surface area contributed by atoms with Crippen molar-refractivity contribution in [3.05, 3.63) is 46.5 Å². The number of hydrogen-bond acceptors (Lipinski definition) is 5. The van der Waals surface area contributed by atoms with E-state index in [0.29, 0.717) is 0 Å². The molecule has 114 valence electrons. The second-order valence-corrected chi connectivity index (χ2v) is 6.49. The van der Waals surface area contributed by atoms with Gasteiger partial charge in [0.15, 0.2) is 5.13 Å². The maximum absolute atomic E-state index is 12.4. The lowest BCUT2D eigenvalue weighted by atomic mass is 9.98. The monoisotopic (exact) mass is 315 g/mol. The van der Waals surface area contributed by atoms with Crippen molar-refractivity contribution in [3.8, 4) is 0 Å². The molecule has 1 aromatic heterocycles. The summed E-state index contributed by atoms with van der Waals surface area (Å²) in [5.74, 6) is -0.00730. The van der Waals surface area contributed by atoms with E-state index in [0.717, 1.165) is 54.0 Å². The van der Waals surface area contributed by atoms with Crippen LogP contribution in [0.3, 0.4) is 0 Å². The molecule has 0 spiro atoms. The Kier molecular flexibility index (Phi) is 3.56. The Morgan fingerprint density at radius 3 is 2.77 bits per heavy atom. The average molecular weight is 315 g/mol. The number of carbonyl (C=O) groups is 1. The highest BCUT2D eigenvalue weighted by atomic mass is 32.1. The minimum absolute atomic E-state index is 0.00730. The van der Waals surface area contributed by atoms with E-state index in [1.165, 1.54) is 11.3 Å². The van der Waals surface area contributed by atoms with Gasteiger partial charge >= 0.3 is 0 Å². The van der Waals surface area contributed by atoms with Crippen LogP contribution in [0.15, 0.2) is 30.3 Å². The first-order valence-electron chi connectivity index (χ1n) is 7.49. The van der Waals surface area contributed by atoms with E-state index in [2.05, 4.69) is 10.2 Å². The van der Waals surface area contributed by atoms with Crippen LogP contribution in [0, 0.1) is 0 Å². The van der Waals surface area contributed by atoms with Gasteiger partial charge in [0.25, 0.3) is 5.91 Å². The summed E-state index contributed by atoms with van der Waals surface area (Å²) in [6, 6.07) is 10.1. The number of amides is 1. The summed E-state index contributed by atoms with van der Waals surface area (Å²) in [6.45, 7) is 3.14. The van der Waals surface area contributed by atoms with Gasteiger partial charge in [-0.2, -0.15) is 0 Å². The maximum atomic E-state index is 12.4. The SMILES string of the molecule is O=C1NC(c2ccccc2)Cc2nc(N3CCOCC3)sc21. The van der Waals surface area contributed by atoms with Crippen LogP contribution < -0.4 is 10.2 Å². The minimum Gasteiger partial charge on any atom is -0.378 e. The van der Waals surface area contributed by atoms with Gasteiger partial charge in [0.05, 0.1) is 24.9 Å². The summed E-state index contributed by atoms with van der Waals surface area (Å²) in [5, 5.41) is 4.04. The number of rotatable bonds is 2. The number of nitrogens with zero attached hydrogens (tertiary/aromatic N) is 2. The van der Waals surface area contributed by atoms with Gasteiger partial charge in [0, 0.05) is 19.5 Å². The molecule has 5 nitrogen and oxygen atoms in total. The summed E-state index contributed by atoms with van der Waals surface area (Å²) in [4.78, 5) is 20.1. The molecule has 4 rings (SSSR count). The fraction of sp³-hybridized carbons (Fsp3) is 0.375. The van der Waals surface area contributed by atoms with Crippen LogP contribution in [0.25, 0.3) is 0 Å². The Labute approximate surface area is 132 Å². The molecule has 2 aliphatic heterocycles. The van der Waals surface area contributed by atoms with E-state index < -0.39 is 0 Å². The number of anilines is 1. The van der Waals surface area contributed by atoms with Crippen LogP contribution in [0.5, 0.6) is 0 Å². The molecule has 3 heterocycles. The average Bonchev–Trinajstić information content (AvgIpc) is 3.01. The number of aromatic nitrogens is 1. The number of hydrogen-bond donors (Lipinski definition) is 1. The number of fused-ring (bicyclic) bond motifs is 1. The van der Waals surface area contributed by atoms with Crippen molar-refractivity contribution in [1.82, 2.24) is 10.3 Å². The predicted molar refractivity (Wildman–Crippen MR) is 85.5 cm³/mol. The molecule has 22 heavy (non-hydrogen) atoms. The molecule has 6 heteroatoms. The standard InChI is InChI=1S/C16H17N3O2S/c20-15-14-13(10-12(17-15)11-4-2-1-3-5-11)18-16(22-14)19-6-8-21-9-7-19/h1-5,12H,6-10H2,(H,17,20). The molecule has 1 unspecified atom stereocenters. The second kappa shape index (κ2) is 5.70. The molecule has 1 amide bonds. The summed E-state index contributed by atoms with van der Waals surface area (Å²) >= 11 is 1.49. The van der Waals surface area contributed by atoms with Crippen molar-refractivity contribution in [2.24, 2.45) is 0 Å².